The molecule has 1 atom stereocenters. The number of ether oxygens (including phenoxy) is 1. The number of para-hydroxylation sites is 1. The van der Waals surface area contributed by atoms with E-state index in [-0.39, 0.29) is 17.6 Å². The molecule has 0 saturated carbocycles. The summed E-state index contributed by atoms with van der Waals surface area (Å²) in [5.41, 5.74) is -0.564. The van der Waals surface area contributed by atoms with E-state index in [2.05, 4.69) is 5.32 Å². The van der Waals surface area contributed by atoms with E-state index in [9.17, 15) is 14.4 Å². The first-order chi connectivity index (χ1) is 10.9. The summed E-state index contributed by atoms with van der Waals surface area (Å²) in [6.45, 7) is 1.55. The number of hydrogen-bond donors (Lipinski definition) is 2. The van der Waals surface area contributed by atoms with Crippen molar-refractivity contribution in [2.75, 3.05) is 7.11 Å². The van der Waals surface area contributed by atoms with E-state index >= 15 is 0 Å². The van der Waals surface area contributed by atoms with Crippen LogP contribution in [0.15, 0.2) is 40.1 Å². The highest BCUT2D eigenvalue weighted by atomic mass is 35.5. The van der Waals surface area contributed by atoms with Crippen molar-refractivity contribution >= 4 is 17.5 Å². The minimum atomic E-state index is -0.695. The Kier molecular flexibility index (Phi) is 5.23. The first kappa shape index (κ1) is 16.8. The third-order valence-electron chi connectivity index (χ3n) is 3.26. The van der Waals surface area contributed by atoms with Gasteiger partial charge in [0, 0.05) is 11.8 Å². The van der Waals surface area contributed by atoms with Gasteiger partial charge in [-0.15, -0.1) is 0 Å². The largest absolute Gasteiger partial charge is 0.496 e. The predicted octanol–water partition coefficient (Wildman–Crippen LogP) is 1.08. The minimum absolute atomic E-state index is 0.157. The Morgan fingerprint density at radius 2 is 2.09 bits per heavy atom. The lowest BCUT2D eigenvalue weighted by atomic mass is 10.1. The number of amides is 1. The molecular weight excluding hydrogens is 322 g/mol. The molecule has 0 aliphatic rings. The number of aromatic amines is 1. The van der Waals surface area contributed by atoms with Gasteiger partial charge >= 0.3 is 5.69 Å². The third-order valence-corrected chi connectivity index (χ3v) is 3.53. The lowest BCUT2D eigenvalue weighted by Crippen LogP contribution is -2.36. The van der Waals surface area contributed by atoms with Crippen molar-refractivity contribution in [2.24, 2.45) is 0 Å². The van der Waals surface area contributed by atoms with Gasteiger partial charge in [-0.05, 0) is 13.0 Å². The number of nitrogens with zero attached hydrogens (tertiary/aromatic N) is 1. The molecule has 0 spiro atoms. The van der Waals surface area contributed by atoms with Gasteiger partial charge in [0.05, 0.1) is 13.2 Å². The molecule has 1 unspecified atom stereocenters. The minimum Gasteiger partial charge on any atom is -0.496 e. The number of halogens is 1. The zero-order valence-corrected chi connectivity index (χ0v) is 13.4. The molecule has 1 heterocycles. The lowest BCUT2D eigenvalue weighted by molar-refractivity contribution is -0.122. The van der Waals surface area contributed by atoms with E-state index in [4.69, 9.17) is 16.3 Å². The maximum Gasteiger partial charge on any atom is 0.328 e. The second kappa shape index (κ2) is 7.15. The van der Waals surface area contributed by atoms with Crippen LogP contribution in [0.25, 0.3) is 0 Å². The van der Waals surface area contributed by atoms with E-state index in [1.165, 1.54) is 0 Å². The summed E-state index contributed by atoms with van der Waals surface area (Å²) < 4.78 is 6.29. The second-order valence-electron chi connectivity index (χ2n) is 4.90. The fourth-order valence-electron chi connectivity index (χ4n) is 2.14. The van der Waals surface area contributed by atoms with Crippen LogP contribution < -0.4 is 21.3 Å². The number of methoxy groups -OCH3 is 1. The van der Waals surface area contributed by atoms with Crippen molar-refractivity contribution < 1.29 is 9.53 Å². The van der Waals surface area contributed by atoms with Gasteiger partial charge in [-0.25, -0.2) is 4.79 Å². The van der Waals surface area contributed by atoms with Crippen molar-refractivity contribution in [2.45, 2.75) is 19.5 Å². The maximum atomic E-state index is 12.1. The van der Waals surface area contributed by atoms with Crippen molar-refractivity contribution in [1.29, 1.82) is 0 Å². The molecule has 8 heteroatoms. The summed E-state index contributed by atoms with van der Waals surface area (Å²) in [7, 11) is 1.55. The van der Waals surface area contributed by atoms with E-state index in [0.29, 0.717) is 5.75 Å². The van der Waals surface area contributed by atoms with Crippen LogP contribution in [-0.2, 0) is 11.3 Å². The molecule has 0 aliphatic carbocycles. The van der Waals surface area contributed by atoms with Gasteiger partial charge in [-0.3, -0.25) is 19.1 Å². The van der Waals surface area contributed by atoms with E-state index in [0.717, 1.165) is 16.3 Å². The highest BCUT2D eigenvalue weighted by Crippen LogP contribution is 2.24. The Labute approximate surface area is 136 Å². The van der Waals surface area contributed by atoms with Crippen LogP contribution in [0, 0.1) is 0 Å². The van der Waals surface area contributed by atoms with E-state index < -0.39 is 17.2 Å². The average Bonchev–Trinajstić information content (AvgIpc) is 2.52. The summed E-state index contributed by atoms with van der Waals surface area (Å²) in [5, 5.41) is 2.61. The van der Waals surface area contributed by atoms with Gasteiger partial charge in [0.25, 0.3) is 5.56 Å². The van der Waals surface area contributed by atoms with Crippen LogP contribution in [0.3, 0.4) is 0 Å². The number of aromatic nitrogens is 2. The van der Waals surface area contributed by atoms with E-state index in [1.54, 1.807) is 20.1 Å². The number of carbonyl (C=O) groups is 1. The molecule has 1 aromatic carbocycles. The van der Waals surface area contributed by atoms with Gasteiger partial charge in [-0.2, -0.15) is 0 Å². The van der Waals surface area contributed by atoms with E-state index in [1.807, 2.05) is 23.2 Å². The lowest BCUT2D eigenvalue weighted by Gasteiger charge is -2.17. The van der Waals surface area contributed by atoms with Crippen LogP contribution >= 0.6 is 11.6 Å². The third kappa shape index (κ3) is 4.01. The summed E-state index contributed by atoms with van der Waals surface area (Å²) >= 11 is 5.66. The molecular formula is C15H16ClN3O4. The predicted molar refractivity (Wildman–Crippen MR) is 85.9 cm³/mol. The number of H-pyrrole nitrogens is 1. The molecule has 2 aromatic rings. The van der Waals surface area contributed by atoms with Gasteiger partial charge < -0.3 is 10.1 Å². The molecule has 0 fully saturated rings. The quantitative estimate of drug-likeness (QED) is 0.853. The van der Waals surface area contributed by atoms with Gasteiger partial charge in [0.15, 0.2) is 0 Å². The summed E-state index contributed by atoms with van der Waals surface area (Å²) in [5.74, 6) is 0.262. The van der Waals surface area contributed by atoms with Gasteiger partial charge in [-0.1, -0.05) is 29.8 Å². The summed E-state index contributed by atoms with van der Waals surface area (Å²) in [4.78, 5) is 37.0. The Hall–Kier alpha value is -2.54. The van der Waals surface area contributed by atoms with Crippen molar-refractivity contribution in [3.8, 4) is 5.75 Å². The molecule has 23 heavy (non-hydrogen) atoms. The molecule has 122 valence electrons. The number of carbonyl (C=O) groups excluding carboxylic acids is 1. The molecule has 0 aliphatic heterocycles. The standard InChI is InChI=1S/C15H16ClN3O4/c1-9(10-5-3-4-6-12(10)23-2)17-13(20)8-19-7-11(16)14(21)18-15(19)22/h3-7,9H,8H2,1-2H3,(H,17,20)(H,18,21,22). The second-order valence-corrected chi connectivity index (χ2v) is 5.30. The Morgan fingerprint density at radius 3 is 2.78 bits per heavy atom. The first-order valence-electron chi connectivity index (χ1n) is 6.84. The monoisotopic (exact) mass is 337 g/mol. The van der Waals surface area contributed by atoms with Gasteiger partial charge in [0.1, 0.15) is 17.3 Å². The maximum absolute atomic E-state index is 12.1. The zero-order chi connectivity index (χ0) is 17.0. The molecule has 2 N–H and O–H groups in total. The zero-order valence-electron chi connectivity index (χ0n) is 12.6. The molecule has 0 bridgehead atoms. The normalized spacial score (nSPS) is 11.8. The SMILES string of the molecule is COc1ccccc1C(C)NC(=O)Cn1cc(Cl)c(=O)[nH]c1=O. The van der Waals surface area contributed by atoms with Crippen molar-refractivity contribution in [3.05, 3.63) is 61.9 Å². The summed E-state index contributed by atoms with van der Waals surface area (Å²) in [6.07, 6.45) is 1.13. The average molecular weight is 338 g/mol. The fourth-order valence-corrected chi connectivity index (χ4v) is 2.31. The highest BCUT2D eigenvalue weighted by molar-refractivity contribution is 6.30. The molecule has 0 saturated heterocycles. The Morgan fingerprint density at radius 1 is 1.39 bits per heavy atom. The molecule has 7 nitrogen and oxygen atoms in total. The Balaban J connectivity index is 2.12. The van der Waals surface area contributed by atoms with Crippen LogP contribution in [-0.4, -0.2) is 22.6 Å². The van der Waals surface area contributed by atoms with Crippen molar-refractivity contribution in [1.82, 2.24) is 14.9 Å². The molecule has 1 amide bonds. The number of nitrogens with one attached hydrogen (secondary N) is 2. The van der Waals surface area contributed by atoms with Crippen LogP contribution in [0.1, 0.15) is 18.5 Å². The molecule has 2 rings (SSSR count). The number of rotatable bonds is 5. The molecule has 1 aromatic heterocycles. The van der Waals surface area contributed by atoms with Crippen LogP contribution in [0.2, 0.25) is 5.02 Å². The smallest absolute Gasteiger partial charge is 0.328 e. The fraction of sp³-hybridized carbons (Fsp3) is 0.267. The topological polar surface area (TPSA) is 93.2 Å². The summed E-state index contributed by atoms with van der Waals surface area (Å²) in [6, 6.07) is 7.00. The highest BCUT2D eigenvalue weighted by Gasteiger charge is 2.14. The first-order valence-corrected chi connectivity index (χ1v) is 7.21. The number of benzene rings is 1. The van der Waals surface area contributed by atoms with Crippen LogP contribution in [0.4, 0.5) is 0 Å². The van der Waals surface area contributed by atoms with Crippen LogP contribution in [0.5, 0.6) is 5.75 Å². The molecule has 0 radical (unpaired) electrons. The van der Waals surface area contributed by atoms with Gasteiger partial charge in [0.2, 0.25) is 5.91 Å². The number of hydrogen-bond acceptors (Lipinski definition) is 4. The van der Waals surface area contributed by atoms with Crippen molar-refractivity contribution in [3.63, 3.8) is 0 Å². The Bertz CT molecular complexity index is 828.